The van der Waals surface area contributed by atoms with E-state index in [1.807, 2.05) is 31.2 Å². The number of benzene rings is 2. The van der Waals surface area contributed by atoms with Crippen LogP contribution < -0.4 is 4.74 Å². The maximum absolute atomic E-state index is 12.9. The SMILES string of the molecule is Cc1ccc(C#Cc2cc(Cl)cc3c2OC(C(F)(F)F)C=C3)cc1. The molecular weight excluding hydrogens is 337 g/mol. The molecule has 0 aliphatic carbocycles. The molecule has 2 aromatic carbocycles. The molecule has 1 heterocycles. The smallest absolute Gasteiger partial charge is 0.429 e. The van der Waals surface area contributed by atoms with E-state index in [1.165, 1.54) is 12.1 Å². The molecule has 1 atom stereocenters. The largest absolute Gasteiger partial charge is 0.475 e. The second-order valence-electron chi connectivity index (χ2n) is 5.43. The van der Waals surface area contributed by atoms with E-state index in [2.05, 4.69) is 11.8 Å². The van der Waals surface area contributed by atoms with Crippen LogP contribution in [0, 0.1) is 18.8 Å². The van der Waals surface area contributed by atoms with Crippen molar-refractivity contribution < 1.29 is 17.9 Å². The molecule has 1 aliphatic rings. The molecule has 0 bridgehead atoms. The number of hydrogen-bond acceptors (Lipinski definition) is 1. The molecule has 3 rings (SSSR count). The van der Waals surface area contributed by atoms with Crippen LogP contribution in [0.4, 0.5) is 13.2 Å². The normalized spacial score (nSPS) is 16.0. The van der Waals surface area contributed by atoms with Crippen LogP contribution in [-0.2, 0) is 0 Å². The Kier molecular flexibility index (Phi) is 4.29. The molecular formula is C19H12ClF3O. The first kappa shape index (κ1) is 16.5. The van der Waals surface area contributed by atoms with Gasteiger partial charge in [-0.2, -0.15) is 13.2 Å². The zero-order valence-corrected chi connectivity index (χ0v) is 13.4. The zero-order valence-electron chi connectivity index (χ0n) is 12.6. The van der Waals surface area contributed by atoms with Crippen molar-refractivity contribution in [2.75, 3.05) is 0 Å². The summed E-state index contributed by atoms with van der Waals surface area (Å²) in [5, 5.41) is 0.390. The van der Waals surface area contributed by atoms with Crippen LogP contribution in [0.3, 0.4) is 0 Å². The van der Waals surface area contributed by atoms with Gasteiger partial charge in [0.2, 0.25) is 6.10 Å². The van der Waals surface area contributed by atoms with Gasteiger partial charge in [-0.05, 0) is 37.3 Å². The molecule has 1 nitrogen and oxygen atoms in total. The van der Waals surface area contributed by atoms with Crippen molar-refractivity contribution in [2.24, 2.45) is 0 Å². The van der Waals surface area contributed by atoms with Gasteiger partial charge in [-0.15, -0.1) is 0 Å². The second-order valence-corrected chi connectivity index (χ2v) is 5.86. The van der Waals surface area contributed by atoms with Crippen LogP contribution in [0.1, 0.15) is 22.3 Å². The Labute approximate surface area is 142 Å². The molecule has 1 aliphatic heterocycles. The number of aryl methyl sites for hydroxylation is 1. The summed E-state index contributed by atoms with van der Waals surface area (Å²) in [4.78, 5) is 0. The van der Waals surface area contributed by atoms with E-state index in [0.29, 0.717) is 16.1 Å². The first-order valence-corrected chi connectivity index (χ1v) is 7.54. The van der Waals surface area contributed by atoms with Crippen molar-refractivity contribution in [1.82, 2.24) is 0 Å². The molecule has 0 amide bonds. The highest BCUT2D eigenvalue weighted by Crippen LogP contribution is 2.37. The Morgan fingerprint density at radius 3 is 2.46 bits per heavy atom. The number of ether oxygens (including phenoxy) is 1. The van der Waals surface area contributed by atoms with Crippen molar-refractivity contribution in [3.05, 3.63) is 69.8 Å². The average Bonchev–Trinajstić information content (AvgIpc) is 2.52. The number of fused-ring (bicyclic) bond motifs is 1. The summed E-state index contributed by atoms with van der Waals surface area (Å²) in [6, 6.07) is 10.6. The lowest BCUT2D eigenvalue weighted by Crippen LogP contribution is -2.34. The number of rotatable bonds is 0. The minimum absolute atomic E-state index is 0.101. The van der Waals surface area contributed by atoms with E-state index >= 15 is 0 Å². The van der Waals surface area contributed by atoms with Gasteiger partial charge in [0.15, 0.2) is 0 Å². The third-order valence-corrected chi connectivity index (χ3v) is 3.71. The molecule has 0 saturated carbocycles. The van der Waals surface area contributed by atoms with Crippen molar-refractivity contribution in [3.8, 4) is 17.6 Å². The van der Waals surface area contributed by atoms with Crippen LogP contribution in [0.2, 0.25) is 5.02 Å². The van der Waals surface area contributed by atoms with Gasteiger partial charge in [0.25, 0.3) is 0 Å². The maximum atomic E-state index is 12.9. The highest BCUT2D eigenvalue weighted by atomic mass is 35.5. The Morgan fingerprint density at radius 2 is 1.79 bits per heavy atom. The predicted octanol–water partition coefficient (Wildman–Crippen LogP) is 5.38. The van der Waals surface area contributed by atoms with Crippen molar-refractivity contribution in [2.45, 2.75) is 19.2 Å². The first-order chi connectivity index (χ1) is 11.3. The average molecular weight is 349 g/mol. The number of halogens is 4. The Bertz CT molecular complexity index is 855. The van der Waals surface area contributed by atoms with Gasteiger partial charge < -0.3 is 4.74 Å². The van der Waals surface area contributed by atoms with Crippen LogP contribution in [0.15, 0.2) is 42.5 Å². The van der Waals surface area contributed by atoms with Gasteiger partial charge in [-0.3, -0.25) is 0 Å². The summed E-state index contributed by atoms with van der Waals surface area (Å²) in [6.45, 7) is 1.96. The second kappa shape index (κ2) is 6.26. The minimum atomic E-state index is -4.48. The molecule has 5 heteroatoms. The Balaban J connectivity index is 2.00. The van der Waals surface area contributed by atoms with Crippen molar-refractivity contribution >= 4 is 17.7 Å². The highest BCUT2D eigenvalue weighted by molar-refractivity contribution is 6.31. The number of hydrogen-bond donors (Lipinski definition) is 0. The van der Waals surface area contributed by atoms with E-state index in [4.69, 9.17) is 16.3 Å². The Hall–Kier alpha value is -2.38. The molecule has 122 valence electrons. The van der Waals surface area contributed by atoms with Gasteiger partial charge in [-0.1, -0.05) is 47.2 Å². The fourth-order valence-electron chi connectivity index (χ4n) is 2.27. The van der Waals surface area contributed by atoms with E-state index in [-0.39, 0.29) is 5.75 Å². The lowest BCUT2D eigenvalue weighted by Gasteiger charge is -2.24. The molecule has 1 unspecified atom stereocenters. The first-order valence-electron chi connectivity index (χ1n) is 7.17. The predicted molar refractivity (Wildman–Crippen MR) is 88.1 cm³/mol. The molecule has 0 fully saturated rings. The van der Waals surface area contributed by atoms with Crippen LogP contribution >= 0.6 is 11.6 Å². The summed E-state index contributed by atoms with van der Waals surface area (Å²) in [5.41, 5.74) is 2.67. The third-order valence-electron chi connectivity index (χ3n) is 3.49. The van der Waals surface area contributed by atoms with Crippen molar-refractivity contribution in [3.63, 3.8) is 0 Å². The molecule has 24 heavy (non-hydrogen) atoms. The van der Waals surface area contributed by atoms with E-state index in [1.54, 1.807) is 6.07 Å². The van der Waals surface area contributed by atoms with Crippen LogP contribution in [-0.4, -0.2) is 12.3 Å². The minimum Gasteiger partial charge on any atom is -0.475 e. The fraction of sp³-hybridized carbons (Fsp3) is 0.158. The van der Waals surface area contributed by atoms with Gasteiger partial charge in [0, 0.05) is 16.1 Å². The van der Waals surface area contributed by atoms with Crippen LogP contribution in [0.25, 0.3) is 6.08 Å². The molecule has 0 radical (unpaired) electrons. The van der Waals surface area contributed by atoms with Gasteiger partial charge in [-0.25, -0.2) is 0 Å². The summed E-state index contributed by atoms with van der Waals surface area (Å²) in [5.74, 6) is 5.89. The van der Waals surface area contributed by atoms with Gasteiger partial charge in [0.05, 0.1) is 5.56 Å². The standard InChI is InChI=1S/C19H12ClF3O/c1-12-2-4-13(5-3-12)6-7-14-10-16(20)11-15-8-9-17(19(21,22)23)24-18(14)15/h2-5,8-11,17H,1H3. The summed E-state index contributed by atoms with van der Waals surface area (Å²) in [7, 11) is 0. The summed E-state index contributed by atoms with van der Waals surface area (Å²) >= 11 is 6.03. The molecule has 0 aromatic heterocycles. The fourth-order valence-corrected chi connectivity index (χ4v) is 2.50. The van der Waals surface area contributed by atoms with E-state index in [9.17, 15) is 13.2 Å². The van der Waals surface area contributed by atoms with Gasteiger partial charge >= 0.3 is 6.18 Å². The monoisotopic (exact) mass is 348 g/mol. The highest BCUT2D eigenvalue weighted by Gasteiger charge is 2.41. The van der Waals surface area contributed by atoms with Gasteiger partial charge in [0.1, 0.15) is 5.75 Å². The van der Waals surface area contributed by atoms with E-state index < -0.39 is 12.3 Å². The number of alkyl halides is 3. The summed E-state index contributed by atoms with van der Waals surface area (Å²) < 4.78 is 43.8. The lowest BCUT2D eigenvalue weighted by molar-refractivity contribution is -0.180. The zero-order chi connectivity index (χ0) is 17.3. The Morgan fingerprint density at radius 1 is 1.08 bits per heavy atom. The summed E-state index contributed by atoms with van der Waals surface area (Å²) in [6.07, 6.45) is -4.13. The quantitative estimate of drug-likeness (QED) is 0.580. The van der Waals surface area contributed by atoms with E-state index in [0.717, 1.165) is 17.2 Å². The molecule has 0 saturated heterocycles. The molecule has 0 N–H and O–H groups in total. The lowest BCUT2D eigenvalue weighted by atomic mass is 10.0. The topological polar surface area (TPSA) is 9.23 Å². The third kappa shape index (κ3) is 3.58. The molecule has 0 spiro atoms. The van der Waals surface area contributed by atoms with Crippen molar-refractivity contribution in [1.29, 1.82) is 0 Å². The molecule has 2 aromatic rings. The van der Waals surface area contributed by atoms with Crippen LogP contribution in [0.5, 0.6) is 5.75 Å². The maximum Gasteiger partial charge on any atom is 0.429 e.